The zero-order valence-corrected chi connectivity index (χ0v) is 16.4. The number of furan rings is 1. The van der Waals surface area contributed by atoms with Crippen LogP contribution in [-0.4, -0.2) is 21.7 Å². The predicted molar refractivity (Wildman–Crippen MR) is 114 cm³/mol. The molecular weight excluding hydrogens is 393 g/mol. The van der Waals surface area contributed by atoms with E-state index in [2.05, 4.69) is 0 Å². The van der Waals surface area contributed by atoms with E-state index in [0.717, 1.165) is 12.0 Å². The number of hydrogen-bond acceptors (Lipinski definition) is 4. The summed E-state index contributed by atoms with van der Waals surface area (Å²) in [6.07, 6.45) is 2.43. The Labute approximate surface area is 171 Å². The van der Waals surface area contributed by atoms with Crippen LogP contribution in [-0.2, 0) is 11.2 Å². The molecule has 1 fully saturated rings. The molecule has 0 bridgehead atoms. The Bertz CT molecular complexity index is 1060. The van der Waals surface area contributed by atoms with Crippen molar-refractivity contribution in [2.24, 2.45) is 0 Å². The molecule has 0 radical (unpaired) electrons. The van der Waals surface area contributed by atoms with Crippen LogP contribution in [0.3, 0.4) is 0 Å². The molecular formula is C22H16FNO2S2. The van der Waals surface area contributed by atoms with Gasteiger partial charge in [0.1, 0.15) is 21.7 Å². The highest BCUT2D eigenvalue weighted by atomic mass is 32.2. The van der Waals surface area contributed by atoms with Crippen LogP contribution in [0.1, 0.15) is 11.3 Å². The summed E-state index contributed by atoms with van der Waals surface area (Å²) in [6, 6.07) is 19.7. The van der Waals surface area contributed by atoms with Crippen LogP contribution in [0.5, 0.6) is 0 Å². The molecule has 140 valence electrons. The molecule has 4 rings (SSSR count). The molecule has 3 nitrogen and oxygen atoms in total. The molecule has 1 aliphatic heterocycles. The van der Waals surface area contributed by atoms with Crippen molar-refractivity contribution in [1.29, 1.82) is 0 Å². The summed E-state index contributed by atoms with van der Waals surface area (Å²) in [4.78, 5) is 14.9. The molecule has 3 aromatic rings. The SMILES string of the molecule is O=C1/C(=C\c2ccc(-c3cccc(F)c3)o2)SC(=S)N1CCc1ccccc1. The predicted octanol–water partition coefficient (Wildman–Crippen LogP) is 5.53. The first-order valence-electron chi connectivity index (χ1n) is 8.75. The molecule has 0 saturated carbocycles. The molecule has 0 unspecified atom stereocenters. The molecule has 0 aliphatic carbocycles. The van der Waals surface area contributed by atoms with Gasteiger partial charge in [0.2, 0.25) is 0 Å². The zero-order valence-electron chi connectivity index (χ0n) is 14.8. The lowest BCUT2D eigenvalue weighted by molar-refractivity contribution is -0.122. The molecule has 1 aliphatic rings. The van der Waals surface area contributed by atoms with E-state index >= 15 is 0 Å². The quantitative estimate of drug-likeness (QED) is 0.410. The summed E-state index contributed by atoms with van der Waals surface area (Å²) in [5.41, 5.74) is 1.81. The van der Waals surface area contributed by atoms with Crippen molar-refractivity contribution in [3.8, 4) is 11.3 Å². The molecule has 6 heteroatoms. The van der Waals surface area contributed by atoms with Crippen molar-refractivity contribution < 1.29 is 13.6 Å². The molecule has 2 heterocycles. The minimum atomic E-state index is -0.324. The summed E-state index contributed by atoms with van der Waals surface area (Å²) in [5, 5.41) is 0. The summed E-state index contributed by atoms with van der Waals surface area (Å²) in [5.74, 6) is 0.637. The maximum atomic E-state index is 13.4. The Morgan fingerprint density at radius 2 is 1.89 bits per heavy atom. The van der Waals surface area contributed by atoms with Gasteiger partial charge in [-0.2, -0.15) is 0 Å². The maximum absolute atomic E-state index is 13.4. The van der Waals surface area contributed by atoms with Crippen molar-refractivity contribution in [3.05, 3.63) is 88.8 Å². The van der Waals surface area contributed by atoms with Crippen LogP contribution in [0.15, 0.2) is 76.1 Å². The minimum absolute atomic E-state index is 0.116. The first kappa shape index (κ1) is 18.7. The van der Waals surface area contributed by atoms with Gasteiger partial charge in [0.15, 0.2) is 0 Å². The van der Waals surface area contributed by atoms with E-state index in [1.807, 2.05) is 30.3 Å². The maximum Gasteiger partial charge on any atom is 0.266 e. The minimum Gasteiger partial charge on any atom is -0.457 e. The van der Waals surface area contributed by atoms with Crippen molar-refractivity contribution in [3.63, 3.8) is 0 Å². The Kier molecular flexibility index (Phi) is 5.41. The third-order valence-electron chi connectivity index (χ3n) is 4.35. The van der Waals surface area contributed by atoms with E-state index in [1.165, 1.54) is 23.9 Å². The van der Waals surface area contributed by atoms with Crippen molar-refractivity contribution in [2.45, 2.75) is 6.42 Å². The van der Waals surface area contributed by atoms with E-state index in [0.29, 0.717) is 32.9 Å². The van der Waals surface area contributed by atoms with Gasteiger partial charge in [-0.3, -0.25) is 9.69 Å². The van der Waals surface area contributed by atoms with Crippen molar-refractivity contribution in [1.82, 2.24) is 4.90 Å². The van der Waals surface area contributed by atoms with E-state index in [1.54, 1.807) is 35.2 Å². The molecule has 0 atom stereocenters. The highest BCUT2D eigenvalue weighted by molar-refractivity contribution is 8.26. The van der Waals surface area contributed by atoms with Gasteiger partial charge in [0, 0.05) is 18.2 Å². The number of carbonyl (C=O) groups excluding carboxylic acids is 1. The Hall–Kier alpha value is -2.70. The average molecular weight is 410 g/mol. The van der Waals surface area contributed by atoms with E-state index in [4.69, 9.17) is 16.6 Å². The van der Waals surface area contributed by atoms with Crippen LogP contribution in [0.2, 0.25) is 0 Å². The fourth-order valence-electron chi connectivity index (χ4n) is 2.93. The number of hydrogen-bond donors (Lipinski definition) is 0. The van der Waals surface area contributed by atoms with Crippen molar-refractivity contribution in [2.75, 3.05) is 6.54 Å². The zero-order chi connectivity index (χ0) is 19.5. The number of carbonyl (C=O) groups is 1. The van der Waals surface area contributed by atoms with Gasteiger partial charge in [0.05, 0.1) is 4.91 Å². The lowest BCUT2D eigenvalue weighted by atomic mass is 10.1. The Morgan fingerprint density at radius 1 is 1.07 bits per heavy atom. The molecule has 1 aromatic heterocycles. The first-order valence-corrected chi connectivity index (χ1v) is 9.98. The van der Waals surface area contributed by atoms with Gasteiger partial charge in [-0.05, 0) is 36.2 Å². The second-order valence-corrected chi connectivity index (χ2v) is 7.96. The van der Waals surface area contributed by atoms with Gasteiger partial charge in [-0.15, -0.1) is 0 Å². The highest BCUT2D eigenvalue weighted by Crippen LogP contribution is 2.33. The standard InChI is InChI=1S/C22H16FNO2S2/c23-17-8-4-7-16(13-17)19-10-9-18(26-19)14-20-21(25)24(22(27)28-20)12-11-15-5-2-1-3-6-15/h1-10,13-14H,11-12H2/b20-14+. The second-order valence-electron chi connectivity index (χ2n) is 6.28. The number of benzene rings is 2. The summed E-state index contributed by atoms with van der Waals surface area (Å²) in [6.45, 7) is 0.540. The second kappa shape index (κ2) is 8.12. The highest BCUT2D eigenvalue weighted by Gasteiger charge is 2.31. The third-order valence-corrected chi connectivity index (χ3v) is 5.73. The summed E-state index contributed by atoms with van der Waals surface area (Å²) >= 11 is 6.65. The van der Waals surface area contributed by atoms with Gasteiger partial charge in [-0.25, -0.2) is 4.39 Å². The van der Waals surface area contributed by atoms with Crippen LogP contribution in [0.4, 0.5) is 4.39 Å². The Balaban J connectivity index is 1.48. The summed E-state index contributed by atoms with van der Waals surface area (Å²) in [7, 11) is 0. The van der Waals surface area contributed by atoms with Crippen LogP contribution < -0.4 is 0 Å². The monoisotopic (exact) mass is 409 g/mol. The largest absolute Gasteiger partial charge is 0.457 e. The van der Waals surface area contributed by atoms with Crippen LogP contribution in [0.25, 0.3) is 17.4 Å². The number of thiocarbonyl (C=S) groups is 1. The molecule has 0 N–H and O–H groups in total. The molecule has 1 amide bonds. The van der Waals surface area contributed by atoms with Gasteiger partial charge >= 0.3 is 0 Å². The number of thioether (sulfide) groups is 1. The van der Waals surface area contributed by atoms with E-state index in [-0.39, 0.29) is 11.7 Å². The number of nitrogens with zero attached hydrogens (tertiary/aromatic N) is 1. The van der Waals surface area contributed by atoms with Gasteiger partial charge < -0.3 is 4.42 Å². The van der Waals surface area contributed by atoms with E-state index < -0.39 is 0 Å². The molecule has 28 heavy (non-hydrogen) atoms. The topological polar surface area (TPSA) is 33.5 Å². The number of rotatable bonds is 5. The van der Waals surface area contributed by atoms with Crippen LogP contribution >= 0.6 is 24.0 Å². The first-order chi connectivity index (χ1) is 13.6. The van der Waals surface area contributed by atoms with E-state index in [9.17, 15) is 9.18 Å². The lowest BCUT2D eigenvalue weighted by Gasteiger charge is -2.14. The third kappa shape index (κ3) is 4.08. The fraction of sp³-hybridized carbons (Fsp3) is 0.0909. The molecule has 2 aromatic carbocycles. The fourth-order valence-corrected chi connectivity index (χ4v) is 4.22. The van der Waals surface area contributed by atoms with Crippen molar-refractivity contribution >= 4 is 40.3 Å². The average Bonchev–Trinajstić information content (AvgIpc) is 3.26. The molecule has 1 saturated heterocycles. The van der Waals surface area contributed by atoms with Gasteiger partial charge in [0.25, 0.3) is 5.91 Å². The number of amides is 1. The van der Waals surface area contributed by atoms with Gasteiger partial charge in [-0.1, -0.05) is 66.4 Å². The lowest BCUT2D eigenvalue weighted by Crippen LogP contribution is -2.30. The smallest absolute Gasteiger partial charge is 0.266 e. The normalized spacial score (nSPS) is 15.6. The molecule has 0 spiro atoms. The summed E-state index contributed by atoms with van der Waals surface area (Å²) < 4.78 is 19.7. The number of halogens is 1. The Morgan fingerprint density at radius 3 is 2.68 bits per heavy atom. The van der Waals surface area contributed by atoms with Crippen LogP contribution in [0, 0.1) is 5.82 Å².